The molecule has 4 rings (SSSR count). The fraction of sp³-hybridized carbons (Fsp3) is 0.474. The van der Waals surface area contributed by atoms with E-state index in [1.54, 1.807) is 10.8 Å². The van der Waals surface area contributed by atoms with E-state index in [-0.39, 0.29) is 11.7 Å². The Morgan fingerprint density at radius 2 is 2.04 bits per heavy atom. The first kappa shape index (κ1) is 17.1. The molecule has 0 amide bonds. The van der Waals surface area contributed by atoms with E-state index >= 15 is 0 Å². The van der Waals surface area contributed by atoms with Gasteiger partial charge in [0.1, 0.15) is 11.9 Å². The smallest absolute Gasteiger partial charge is 0.408 e. The number of benzene rings is 1. The van der Waals surface area contributed by atoms with Gasteiger partial charge in [-0.05, 0) is 44.0 Å². The third-order valence-electron chi connectivity index (χ3n) is 5.42. The number of rotatable bonds is 5. The second-order valence-electron chi connectivity index (χ2n) is 7.01. The number of oxazole rings is 1. The molecule has 0 spiro atoms. The minimum atomic E-state index is -0.516. The van der Waals surface area contributed by atoms with Crippen LogP contribution in [-0.2, 0) is 13.6 Å². The van der Waals surface area contributed by atoms with Crippen LogP contribution in [0.5, 0.6) is 0 Å². The van der Waals surface area contributed by atoms with Gasteiger partial charge in [0.25, 0.3) is 0 Å². The van der Waals surface area contributed by atoms with Crippen molar-refractivity contribution in [1.82, 2.24) is 19.0 Å². The summed E-state index contributed by atoms with van der Waals surface area (Å²) >= 11 is 0. The lowest BCUT2D eigenvalue weighted by molar-refractivity contribution is 0.0503. The van der Waals surface area contributed by atoms with Crippen molar-refractivity contribution in [2.24, 2.45) is 13.0 Å². The van der Waals surface area contributed by atoms with Gasteiger partial charge in [-0.1, -0.05) is 12.1 Å². The van der Waals surface area contributed by atoms with Gasteiger partial charge in [0, 0.05) is 32.5 Å². The zero-order chi connectivity index (χ0) is 18.1. The molecule has 1 atom stereocenters. The molecule has 3 heterocycles. The molecule has 1 aromatic carbocycles. The van der Waals surface area contributed by atoms with E-state index in [9.17, 15) is 9.90 Å². The van der Waals surface area contributed by atoms with Gasteiger partial charge in [-0.3, -0.25) is 4.57 Å². The molecule has 3 aromatic rings. The van der Waals surface area contributed by atoms with E-state index in [1.807, 2.05) is 42.1 Å². The average molecular weight is 356 g/mol. The number of likely N-dealkylation sites (tertiary alicyclic amines) is 1. The van der Waals surface area contributed by atoms with Crippen molar-refractivity contribution < 1.29 is 9.52 Å². The molecule has 1 fully saturated rings. The Kier molecular flexibility index (Phi) is 4.65. The predicted molar refractivity (Wildman–Crippen MR) is 97.8 cm³/mol. The number of aromatic nitrogens is 3. The van der Waals surface area contributed by atoms with Crippen LogP contribution in [0.3, 0.4) is 0 Å². The first-order valence-electron chi connectivity index (χ1n) is 9.09. The van der Waals surface area contributed by atoms with Gasteiger partial charge in [-0.15, -0.1) is 0 Å². The molecule has 0 radical (unpaired) electrons. The Bertz CT molecular complexity index is 934. The fourth-order valence-electron chi connectivity index (χ4n) is 3.83. The quantitative estimate of drug-likeness (QED) is 0.754. The second kappa shape index (κ2) is 7.09. The Morgan fingerprint density at radius 3 is 2.77 bits per heavy atom. The van der Waals surface area contributed by atoms with Crippen molar-refractivity contribution in [3.8, 4) is 0 Å². The summed E-state index contributed by atoms with van der Waals surface area (Å²) in [6.07, 6.45) is 4.92. The zero-order valence-corrected chi connectivity index (χ0v) is 14.9. The molecule has 26 heavy (non-hydrogen) atoms. The van der Waals surface area contributed by atoms with E-state index in [0.29, 0.717) is 12.1 Å². The number of imidazole rings is 1. The topological polar surface area (TPSA) is 76.4 Å². The summed E-state index contributed by atoms with van der Waals surface area (Å²) < 4.78 is 8.87. The molecule has 7 heteroatoms. The van der Waals surface area contributed by atoms with Crippen molar-refractivity contribution in [3.05, 3.63) is 53.0 Å². The normalized spacial score (nSPS) is 17.8. The number of hydrogen-bond acceptors (Lipinski definition) is 5. The molecular weight excluding hydrogens is 332 g/mol. The lowest BCUT2D eigenvalue weighted by Gasteiger charge is -2.33. The van der Waals surface area contributed by atoms with Crippen LogP contribution in [0, 0.1) is 5.92 Å². The van der Waals surface area contributed by atoms with Gasteiger partial charge in [0.15, 0.2) is 5.58 Å². The summed E-state index contributed by atoms with van der Waals surface area (Å²) in [5.41, 5.74) is 1.48. The Labute approximate surface area is 151 Å². The standard InChI is InChI=1S/C19H24N4O3/c1-21-11-8-20-18(21)17(24)14-6-9-22(10-7-14)12-13-23-15-4-2-3-5-16(15)26-19(23)25/h2-5,8,11,14,17,24H,6-7,9-10,12-13H2,1H3/t17-/m0/s1. The molecule has 1 aliphatic rings. The Balaban J connectivity index is 1.35. The molecule has 0 unspecified atom stereocenters. The maximum absolute atomic E-state index is 12.1. The average Bonchev–Trinajstić information content (AvgIpc) is 3.22. The molecule has 1 saturated heterocycles. The largest absolute Gasteiger partial charge is 0.419 e. The highest BCUT2D eigenvalue weighted by molar-refractivity contribution is 5.72. The van der Waals surface area contributed by atoms with E-state index in [0.717, 1.165) is 43.8 Å². The summed E-state index contributed by atoms with van der Waals surface area (Å²) in [5, 5.41) is 10.6. The number of fused-ring (bicyclic) bond motifs is 1. The molecule has 2 aromatic heterocycles. The van der Waals surface area contributed by atoms with Crippen molar-refractivity contribution in [2.45, 2.75) is 25.5 Å². The van der Waals surface area contributed by atoms with E-state index in [2.05, 4.69) is 9.88 Å². The minimum Gasteiger partial charge on any atom is -0.408 e. The van der Waals surface area contributed by atoms with E-state index in [4.69, 9.17) is 4.42 Å². The van der Waals surface area contributed by atoms with E-state index in [1.165, 1.54) is 0 Å². The number of para-hydroxylation sites is 2. The molecule has 1 aliphatic heterocycles. The van der Waals surface area contributed by atoms with Crippen LogP contribution in [0.15, 0.2) is 45.9 Å². The fourth-order valence-corrected chi connectivity index (χ4v) is 3.83. The Morgan fingerprint density at radius 1 is 1.27 bits per heavy atom. The third kappa shape index (κ3) is 3.20. The number of hydrogen-bond donors (Lipinski definition) is 1. The van der Waals surface area contributed by atoms with Crippen molar-refractivity contribution in [1.29, 1.82) is 0 Å². The van der Waals surface area contributed by atoms with Crippen molar-refractivity contribution >= 4 is 11.1 Å². The SMILES string of the molecule is Cn1ccnc1[C@@H](O)C1CCN(CCn2c(=O)oc3ccccc32)CC1. The number of piperidine rings is 1. The predicted octanol–water partition coefficient (Wildman–Crippen LogP) is 1.77. The summed E-state index contributed by atoms with van der Waals surface area (Å²) in [4.78, 5) is 18.7. The van der Waals surface area contributed by atoms with Crippen LogP contribution in [-0.4, -0.2) is 43.8 Å². The summed E-state index contributed by atoms with van der Waals surface area (Å²) in [7, 11) is 1.91. The number of aliphatic hydroxyl groups is 1. The van der Waals surface area contributed by atoms with Crippen molar-refractivity contribution in [3.63, 3.8) is 0 Å². The lowest BCUT2D eigenvalue weighted by Crippen LogP contribution is -2.38. The first-order chi connectivity index (χ1) is 12.6. The van der Waals surface area contributed by atoms with E-state index < -0.39 is 6.10 Å². The third-order valence-corrected chi connectivity index (χ3v) is 5.42. The molecule has 0 aliphatic carbocycles. The van der Waals surface area contributed by atoms with Crippen LogP contribution in [0.4, 0.5) is 0 Å². The van der Waals surface area contributed by atoms with Gasteiger partial charge in [0.05, 0.1) is 5.52 Å². The number of aliphatic hydroxyl groups excluding tert-OH is 1. The van der Waals surface area contributed by atoms with Gasteiger partial charge >= 0.3 is 5.76 Å². The summed E-state index contributed by atoms with van der Waals surface area (Å²) in [6.45, 7) is 3.24. The molecule has 1 N–H and O–H groups in total. The Hall–Kier alpha value is -2.38. The minimum absolute atomic E-state index is 0.227. The molecular formula is C19H24N4O3. The van der Waals surface area contributed by atoms with Crippen LogP contribution in [0.25, 0.3) is 11.1 Å². The van der Waals surface area contributed by atoms with Gasteiger partial charge in [-0.2, -0.15) is 0 Å². The second-order valence-corrected chi connectivity index (χ2v) is 7.01. The highest BCUT2D eigenvalue weighted by Crippen LogP contribution is 2.29. The molecule has 0 saturated carbocycles. The number of nitrogens with zero attached hydrogens (tertiary/aromatic N) is 4. The van der Waals surface area contributed by atoms with Gasteiger partial charge < -0.3 is 19.0 Å². The van der Waals surface area contributed by atoms with Crippen LogP contribution >= 0.6 is 0 Å². The first-order valence-corrected chi connectivity index (χ1v) is 9.09. The van der Waals surface area contributed by atoms with Crippen LogP contribution in [0.1, 0.15) is 24.8 Å². The molecule has 7 nitrogen and oxygen atoms in total. The maximum atomic E-state index is 12.1. The summed E-state index contributed by atoms with van der Waals surface area (Å²) in [6, 6.07) is 7.51. The lowest BCUT2D eigenvalue weighted by atomic mass is 9.90. The van der Waals surface area contributed by atoms with Crippen LogP contribution in [0.2, 0.25) is 0 Å². The zero-order valence-electron chi connectivity index (χ0n) is 14.9. The molecule has 138 valence electrons. The van der Waals surface area contributed by atoms with Crippen LogP contribution < -0.4 is 5.76 Å². The maximum Gasteiger partial charge on any atom is 0.419 e. The highest BCUT2D eigenvalue weighted by Gasteiger charge is 2.28. The van der Waals surface area contributed by atoms with Crippen molar-refractivity contribution in [2.75, 3.05) is 19.6 Å². The highest BCUT2D eigenvalue weighted by atomic mass is 16.4. The molecule has 0 bridgehead atoms. The summed E-state index contributed by atoms with van der Waals surface area (Å²) in [5.74, 6) is 0.663. The van der Waals surface area contributed by atoms with Gasteiger partial charge in [0.2, 0.25) is 0 Å². The monoisotopic (exact) mass is 356 g/mol. The van der Waals surface area contributed by atoms with Gasteiger partial charge in [-0.25, -0.2) is 9.78 Å². The number of aryl methyl sites for hydroxylation is 1.